The monoisotopic (exact) mass is 514 g/mol. The molecule has 0 saturated carbocycles. The number of hydrogen-bond acceptors (Lipinski definition) is 9. The molecule has 11 nitrogen and oxygen atoms in total. The quantitative estimate of drug-likeness (QED) is 0.413. The molecule has 0 radical (unpaired) electrons. The van der Waals surface area contributed by atoms with Gasteiger partial charge in [-0.05, 0) is 37.4 Å². The van der Waals surface area contributed by atoms with Gasteiger partial charge in [-0.25, -0.2) is 14.3 Å². The number of aromatic nitrogens is 5. The van der Waals surface area contributed by atoms with Crippen molar-refractivity contribution in [2.75, 3.05) is 63.3 Å². The summed E-state index contributed by atoms with van der Waals surface area (Å²) in [7, 11) is 2.15. The van der Waals surface area contributed by atoms with Gasteiger partial charge < -0.3 is 24.6 Å². The van der Waals surface area contributed by atoms with Crippen molar-refractivity contribution < 1.29 is 9.47 Å². The number of anilines is 3. The van der Waals surface area contributed by atoms with Crippen molar-refractivity contribution in [3.05, 3.63) is 71.2 Å². The van der Waals surface area contributed by atoms with E-state index in [0.717, 1.165) is 31.9 Å². The molecule has 2 aliphatic heterocycles. The van der Waals surface area contributed by atoms with Gasteiger partial charge in [-0.1, -0.05) is 18.2 Å². The number of piperazine rings is 1. The zero-order chi connectivity index (χ0) is 25.9. The fourth-order valence-corrected chi connectivity index (χ4v) is 4.64. The number of pyridine rings is 1. The number of allylic oxidation sites excluding steroid dienone is 1. The molecule has 0 amide bonds. The molecule has 1 fully saturated rings. The summed E-state index contributed by atoms with van der Waals surface area (Å²) in [6, 6.07) is 13.7. The first kappa shape index (κ1) is 24.1. The number of benzene rings is 1. The van der Waals surface area contributed by atoms with Gasteiger partial charge in [0.05, 0.1) is 19.8 Å². The van der Waals surface area contributed by atoms with Crippen LogP contribution in [-0.2, 0) is 11.3 Å². The third kappa shape index (κ3) is 4.98. The molecule has 1 saturated heterocycles. The van der Waals surface area contributed by atoms with Crippen LogP contribution in [0.25, 0.3) is 16.9 Å². The molecule has 38 heavy (non-hydrogen) atoms. The van der Waals surface area contributed by atoms with E-state index in [0.29, 0.717) is 55.0 Å². The van der Waals surface area contributed by atoms with E-state index < -0.39 is 0 Å². The van der Waals surface area contributed by atoms with Crippen LogP contribution >= 0.6 is 0 Å². The van der Waals surface area contributed by atoms with E-state index in [1.807, 2.05) is 36.4 Å². The lowest BCUT2D eigenvalue weighted by Crippen LogP contribution is -2.44. The second-order valence-corrected chi connectivity index (χ2v) is 9.32. The highest BCUT2D eigenvalue weighted by atomic mass is 16.5. The SMILES string of the molecule is CN1CCN(c2ccc(Nc3ncc4c(=O)n5n(c4n3)-c3cccc(n3)OCCOC/C=C/C5)cc2)CC1. The lowest BCUT2D eigenvalue weighted by atomic mass is 10.2. The van der Waals surface area contributed by atoms with E-state index in [2.05, 4.69) is 44.3 Å². The number of rotatable bonds is 3. The topological polar surface area (TPSA) is 103 Å². The predicted octanol–water partition coefficient (Wildman–Crippen LogP) is 2.44. The summed E-state index contributed by atoms with van der Waals surface area (Å²) >= 11 is 0. The van der Waals surface area contributed by atoms with Crippen molar-refractivity contribution in [1.82, 2.24) is 29.2 Å². The van der Waals surface area contributed by atoms with Crippen LogP contribution in [0.5, 0.6) is 5.88 Å². The molecular weight excluding hydrogens is 484 g/mol. The Kier molecular flexibility index (Phi) is 6.76. The lowest BCUT2D eigenvalue weighted by molar-refractivity contribution is 0.119. The van der Waals surface area contributed by atoms with E-state index >= 15 is 0 Å². The largest absolute Gasteiger partial charge is 0.475 e. The van der Waals surface area contributed by atoms with E-state index in [9.17, 15) is 4.79 Å². The molecule has 2 aliphatic rings. The zero-order valence-corrected chi connectivity index (χ0v) is 21.3. The van der Waals surface area contributed by atoms with Crippen LogP contribution in [0.15, 0.2) is 65.6 Å². The molecule has 0 unspecified atom stereocenters. The van der Waals surface area contributed by atoms with Crippen LogP contribution in [0.2, 0.25) is 0 Å². The van der Waals surface area contributed by atoms with Crippen molar-refractivity contribution in [3.8, 4) is 11.7 Å². The van der Waals surface area contributed by atoms with Gasteiger partial charge in [-0.15, -0.1) is 0 Å². The van der Waals surface area contributed by atoms with Gasteiger partial charge in [0.15, 0.2) is 11.5 Å². The average Bonchev–Trinajstić information content (AvgIpc) is 3.22. The minimum Gasteiger partial charge on any atom is -0.475 e. The fraction of sp³-hybridized carbons (Fsp3) is 0.333. The van der Waals surface area contributed by atoms with Gasteiger partial charge >= 0.3 is 0 Å². The van der Waals surface area contributed by atoms with Crippen LogP contribution in [-0.4, -0.2) is 82.3 Å². The van der Waals surface area contributed by atoms with E-state index in [1.165, 1.54) is 5.69 Å². The lowest BCUT2D eigenvalue weighted by Gasteiger charge is -2.34. The van der Waals surface area contributed by atoms with Crippen LogP contribution in [0, 0.1) is 0 Å². The minimum absolute atomic E-state index is 0.198. The van der Waals surface area contributed by atoms with Gasteiger partial charge in [-0.3, -0.25) is 4.79 Å². The standard InChI is InChI=1S/C27H30N8O3/c1-32-12-14-33(15-13-32)21-9-7-20(8-10-21)29-27-28-19-22-25(31-27)35-23-5-4-6-24(30-23)38-18-17-37-16-3-2-11-34(35)26(22)36/h2-10,19H,11-18H2,1H3,(H,28,29,31)/b3-2+. The van der Waals surface area contributed by atoms with E-state index in [4.69, 9.17) is 14.5 Å². The molecule has 5 heterocycles. The van der Waals surface area contributed by atoms with Crippen LogP contribution in [0.4, 0.5) is 17.3 Å². The summed E-state index contributed by atoms with van der Waals surface area (Å²) in [6.07, 6.45) is 5.35. The molecule has 6 rings (SSSR count). The molecule has 1 aromatic carbocycles. The first-order valence-corrected chi connectivity index (χ1v) is 12.8. The molecular formula is C27H30N8O3. The second kappa shape index (κ2) is 10.6. The Hall–Kier alpha value is -4.22. The van der Waals surface area contributed by atoms with Crippen molar-refractivity contribution in [1.29, 1.82) is 0 Å². The third-order valence-electron chi connectivity index (χ3n) is 6.73. The van der Waals surface area contributed by atoms with E-state index in [1.54, 1.807) is 21.6 Å². The first-order chi connectivity index (χ1) is 18.7. The second-order valence-electron chi connectivity index (χ2n) is 9.32. The van der Waals surface area contributed by atoms with Gasteiger partial charge in [0.1, 0.15) is 12.0 Å². The smallest absolute Gasteiger partial charge is 0.278 e. The number of ether oxygens (including phenoxy) is 2. The molecule has 0 aliphatic carbocycles. The summed E-state index contributed by atoms with van der Waals surface area (Å²) in [5.74, 6) is 1.38. The van der Waals surface area contributed by atoms with Crippen molar-refractivity contribution in [2.24, 2.45) is 0 Å². The number of hydrogen-bond donors (Lipinski definition) is 1. The molecule has 2 bridgehead atoms. The summed E-state index contributed by atoms with van der Waals surface area (Å²) in [6.45, 7) is 5.75. The average molecular weight is 515 g/mol. The Morgan fingerprint density at radius 3 is 2.63 bits per heavy atom. The maximum Gasteiger partial charge on any atom is 0.278 e. The Labute approximate surface area is 219 Å². The summed E-state index contributed by atoms with van der Waals surface area (Å²) < 4.78 is 14.6. The van der Waals surface area contributed by atoms with Gasteiger partial charge in [0.25, 0.3) is 5.56 Å². The zero-order valence-electron chi connectivity index (χ0n) is 21.3. The highest BCUT2D eigenvalue weighted by Crippen LogP contribution is 2.23. The maximum absolute atomic E-state index is 13.3. The molecule has 0 atom stereocenters. The van der Waals surface area contributed by atoms with Gasteiger partial charge in [0, 0.05) is 49.8 Å². The van der Waals surface area contributed by atoms with Crippen molar-refractivity contribution in [2.45, 2.75) is 6.54 Å². The summed E-state index contributed by atoms with van der Waals surface area (Å²) in [5, 5.41) is 3.69. The Morgan fingerprint density at radius 2 is 1.79 bits per heavy atom. The molecule has 1 N–H and O–H groups in total. The van der Waals surface area contributed by atoms with E-state index in [-0.39, 0.29) is 5.56 Å². The third-order valence-corrected chi connectivity index (χ3v) is 6.73. The maximum atomic E-state index is 13.3. The summed E-state index contributed by atoms with van der Waals surface area (Å²) in [5.41, 5.74) is 2.33. The van der Waals surface area contributed by atoms with Crippen LogP contribution < -0.4 is 20.5 Å². The Balaban J connectivity index is 1.34. The number of likely N-dealkylation sites (N-methyl/N-ethyl adjacent to an activating group) is 1. The Bertz CT molecular complexity index is 1500. The minimum atomic E-state index is -0.198. The highest BCUT2D eigenvalue weighted by molar-refractivity contribution is 5.77. The number of nitrogens with one attached hydrogen (secondary N) is 1. The molecule has 0 spiro atoms. The van der Waals surface area contributed by atoms with Gasteiger partial charge in [-0.2, -0.15) is 9.97 Å². The van der Waals surface area contributed by atoms with Crippen molar-refractivity contribution in [3.63, 3.8) is 0 Å². The summed E-state index contributed by atoms with van der Waals surface area (Å²) in [4.78, 5) is 31.9. The Morgan fingerprint density at radius 1 is 0.947 bits per heavy atom. The molecule has 3 aromatic heterocycles. The van der Waals surface area contributed by atoms with Crippen molar-refractivity contribution >= 4 is 28.4 Å². The highest BCUT2D eigenvalue weighted by Gasteiger charge is 2.19. The molecule has 4 aromatic rings. The van der Waals surface area contributed by atoms with Crippen LogP contribution in [0.3, 0.4) is 0 Å². The van der Waals surface area contributed by atoms with Gasteiger partial charge in [0.2, 0.25) is 11.8 Å². The number of fused-ring (bicyclic) bond motifs is 6. The molecule has 11 heteroatoms. The fourth-order valence-electron chi connectivity index (χ4n) is 4.64. The predicted molar refractivity (Wildman–Crippen MR) is 146 cm³/mol. The van der Waals surface area contributed by atoms with Crippen LogP contribution in [0.1, 0.15) is 0 Å². The molecule has 196 valence electrons. The number of nitrogens with zero attached hydrogens (tertiary/aromatic N) is 7. The first-order valence-electron chi connectivity index (χ1n) is 12.8. The normalized spacial score (nSPS) is 17.6.